The minimum atomic E-state index is -0.711. The van der Waals surface area contributed by atoms with Crippen LogP contribution in [0.25, 0.3) is 0 Å². The molecule has 0 aliphatic rings. The monoisotopic (exact) mass is 441 g/mol. The Morgan fingerprint density at radius 3 is 1.97 bits per heavy atom. The van der Waals surface area contributed by atoms with Crippen LogP contribution in [-0.4, -0.2) is 21.2 Å². The summed E-state index contributed by atoms with van der Waals surface area (Å²) in [5.74, 6) is -1.12. The van der Waals surface area contributed by atoms with Gasteiger partial charge in [-0.25, -0.2) is 0 Å². The zero-order valence-electron chi connectivity index (χ0n) is 17.7. The number of benzene rings is 4. The lowest BCUT2D eigenvalue weighted by Crippen LogP contribution is -2.13. The zero-order valence-corrected chi connectivity index (χ0v) is 17.7. The topological polar surface area (TPSA) is 99.0 Å². The molecule has 0 aliphatic heterocycles. The van der Waals surface area contributed by atoms with Crippen molar-refractivity contribution < 1.29 is 24.9 Å². The molecule has 4 aromatic rings. The average molecular weight is 441 g/mol. The number of aryl methyl sites for hydroxylation is 2. The average Bonchev–Trinajstić information content (AvgIpc) is 2.84. The molecule has 0 spiro atoms. The summed E-state index contributed by atoms with van der Waals surface area (Å²) in [4.78, 5) is 12.8. The Balaban J connectivity index is 1.48. The van der Waals surface area contributed by atoms with Crippen molar-refractivity contribution in [3.63, 3.8) is 0 Å². The van der Waals surface area contributed by atoms with Crippen LogP contribution in [0.1, 0.15) is 21.5 Å². The van der Waals surface area contributed by atoms with Gasteiger partial charge in [-0.3, -0.25) is 4.79 Å². The molecule has 0 aliphatic carbocycles. The smallest absolute Gasteiger partial charge is 0.259 e. The number of carbonyl (C=O) groups excluding carboxylic acids is 1. The molecule has 4 N–H and O–H groups in total. The highest BCUT2D eigenvalue weighted by molar-refractivity contribution is 6.07. The fraction of sp³-hybridized carbons (Fsp3) is 0.0741. The number of nitrogens with one attached hydrogen (secondary N) is 1. The molecule has 1 amide bonds. The van der Waals surface area contributed by atoms with E-state index in [9.17, 15) is 20.1 Å². The molecule has 0 bridgehead atoms. The van der Waals surface area contributed by atoms with Crippen molar-refractivity contribution >= 4 is 11.6 Å². The van der Waals surface area contributed by atoms with Crippen LogP contribution in [0.5, 0.6) is 28.7 Å². The molecule has 0 unspecified atom stereocenters. The number of ether oxygens (including phenoxy) is 1. The van der Waals surface area contributed by atoms with Crippen molar-refractivity contribution in [2.24, 2.45) is 0 Å². The molecule has 6 nitrogen and oxygen atoms in total. The quantitative estimate of drug-likeness (QED) is 0.279. The molecule has 0 radical (unpaired) electrons. The molecule has 0 saturated carbocycles. The highest BCUT2D eigenvalue weighted by atomic mass is 16.5. The first-order valence-corrected chi connectivity index (χ1v) is 10.5. The Morgan fingerprint density at radius 2 is 1.30 bits per heavy atom. The van der Waals surface area contributed by atoms with Gasteiger partial charge in [0.15, 0.2) is 11.5 Å². The number of para-hydroxylation sites is 1. The van der Waals surface area contributed by atoms with Gasteiger partial charge in [0, 0.05) is 5.69 Å². The van der Waals surface area contributed by atoms with Crippen LogP contribution in [0.15, 0.2) is 91.0 Å². The van der Waals surface area contributed by atoms with Crippen LogP contribution in [-0.2, 0) is 12.8 Å². The maximum absolute atomic E-state index is 12.8. The van der Waals surface area contributed by atoms with Gasteiger partial charge in [-0.1, -0.05) is 48.5 Å². The lowest BCUT2D eigenvalue weighted by atomic mass is 10.00. The van der Waals surface area contributed by atoms with Crippen LogP contribution in [0.4, 0.5) is 5.69 Å². The van der Waals surface area contributed by atoms with Gasteiger partial charge in [-0.05, 0) is 66.4 Å². The van der Waals surface area contributed by atoms with E-state index in [0.29, 0.717) is 35.6 Å². The summed E-state index contributed by atoms with van der Waals surface area (Å²) in [5, 5.41) is 33.4. The SMILES string of the molecule is O=C(Nc1ccc(Oc2ccccc2)cc1)c1cc(CCc2ccccc2)c(O)c(O)c1O. The van der Waals surface area contributed by atoms with E-state index in [1.165, 1.54) is 6.07 Å². The second-order valence-corrected chi connectivity index (χ2v) is 7.51. The molecular weight excluding hydrogens is 418 g/mol. The van der Waals surface area contributed by atoms with E-state index in [-0.39, 0.29) is 5.56 Å². The lowest BCUT2D eigenvalue weighted by molar-refractivity contribution is 0.102. The molecule has 0 aromatic heterocycles. The molecular formula is C27H23NO5. The predicted molar refractivity (Wildman–Crippen MR) is 126 cm³/mol. The van der Waals surface area contributed by atoms with Crippen molar-refractivity contribution in [1.82, 2.24) is 0 Å². The number of hydrogen-bond acceptors (Lipinski definition) is 5. The molecule has 0 heterocycles. The van der Waals surface area contributed by atoms with Crippen LogP contribution in [0, 0.1) is 0 Å². The summed E-state index contributed by atoms with van der Waals surface area (Å²) in [5.41, 5.74) is 1.77. The van der Waals surface area contributed by atoms with Gasteiger partial charge in [0.25, 0.3) is 5.91 Å². The molecule has 4 rings (SSSR count). The molecule has 166 valence electrons. The molecule has 0 atom stereocenters. The van der Waals surface area contributed by atoms with E-state index in [0.717, 1.165) is 5.56 Å². The third kappa shape index (κ3) is 5.25. The van der Waals surface area contributed by atoms with Crippen LogP contribution >= 0.6 is 0 Å². The number of phenols is 3. The number of rotatable bonds is 7. The summed E-state index contributed by atoms with van der Waals surface area (Å²) in [6.45, 7) is 0. The first-order chi connectivity index (χ1) is 16.0. The summed E-state index contributed by atoms with van der Waals surface area (Å²) in [6, 6.07) is 27.1. The number of aromatic hydroxyl groups is 3. The zero-order chi connectivity index (χ0) is 23.2. The highest BCUT2D eigenvalue weighted by Crippen LogP contribution is 2.41. The van der Waals surface area contributed by atoms with Gasteiger partial charge >= 0.3 is 0 Å². The van der Waals surface area contributed by atoms with Crippen molar-refractivity contribution in [2.45, 2.75) is 12.8 Å². The van der Waals surface area contributed by atoms with Crippen LogP contribution < -0.4 is 10.1 Å². The maximum Gasteiger partial charge on any atom is 0.259 e. The highest BCUT2D eigenvalue weighted by Gasteiger charge is 2.21. The van der Waals surface area contributed by atoms with Crippen molar-refractivity contribution in [2.75, 3.05) is 5.32 Å². The lowest BCUT2D eigenvalue weighted by Gasteiger charge is -2.13. The van der Waals surface area contributed by atoms with Gasteiger partial charge < -0.3 is 25.4 Å². The summed E-state index contributed by atoms with van der Waals surface area (Å²) >= 11 is 0. The fourth-order valence-corrected chi connectivity index (χ4v) is 3.42. The van der Waals surface area contributed by atoms with Gasteiger partial charge in [0.05, 0.1) is 5.56 Å². The van der Waals surface area contributed by atoms with Gasteiger partial charge in [0.2, 0.25) is 5.75 Å². The number of anilines is 1. The first kappa shape index (κ1) is 21.8. The summed E-state index contributed by atoms with van der Waals surface area (Å²) in [6.07, 6.45) is 0.984. The largest absolute Gasteiger partial charge is 0.504 e. The Labute approximate surface area is 191 Å². The third-order valence-electron chi connectivity index (χ3n) is 5.19. The van der Waals surface area contributed by atoms with Crippen molar-refractivity contribution in [3.8, 4) is 28.7 Å². The van der Waals surface area contributed by atoms with E-state index in [1.54, 1.807) is 24.3 Å². The van der Waals surface area contributed by atoms with E-state index in [1.807, 2.05) is 60.7 Å². The third-order valence-corrected chi connectivity index (χ3v) is 5.19. The number of phenolic OH excluding ortho intramolecular Hbond substituents is 3. The van der Waals surface area contributed by atoms with Crippen LogP contribution in [0.3, 0.4) is 0 Å². The normalized spacial score (nSPS) is 10.5. The Bertz CT molecular complexity index is 1240. The standard InChI is InChI=1S/C27H23NO5/c29-24-19(12-11-18-7-3-1-4-8-18)17-23(25(30)26(24)31)27(32)28-20-13-15-22(16-14-20)33-21-9-5-2-6-10-21/h1-10,13-17,29-31H,11-12H2,(H,28,32). The molecule has 6 heteroatoms. The second kappa shape index (κ2) is 9.78. The molecule has 0 fully saturated rings. The Hall–Kier alpha value is -4.45. The predicted octanol–water partition coefficient (Wildman–Crippen LogP) is 5.63. The number of hydrogen-bond donors (Lipinski definition) is 4. The Kier molecular flexibility index (Phi) is 6.45. The molecule has 0 saturated heterocycles. The van der Waals surface area contributed by atoms with Crippen molar-refractivity contribution in [3.05, 3.63) is 108 Å². The Morgan fingerprint density at radius 1 is 0.697 bits per heavy atom. The minimum Gasteiger partial charge on any atom is -0.504 e. The van der Waals surface area contributed by atoms with Crippen LogP contribution in [0.2, 0.25) is 0 Å². The number of carbonyl (C=O) groups is 1. The van der Waals surface area contributed by atoms with E-state index >= 15 is 0 Å². The van der Waals surface area contributed by atoms with E-state index in [4.69, 9.17) is 4.74 Å². The van der Waals surface area contributed by atoms with Gasteiger partial charge in [0.1, 0.15) is 11.5 Å². The fourth-order valence-electron chi connectivity index (χ4n) is 3.42. The second-order valence-electron chi connectivity index (χ2n) is 7.51. The molecule has 4 aromatic carbocycles. The number of amides is 1. The maximum atomic E-state index is 12.8. The molecule has 33 heavy (non-hydrogen) atoms. The minimum absolute atomic E-state index is 0.127. The first-order valence-electron chi connectivity index (χ1n) is 10.5. The van der Waals surface area contributed by atoms with Gasteiger partial charge in [-0.15, -0.1) is 0 Å². The summed E-state index contributed by atoms with van der Waals surface area (Å²) in [7, 11) is 0. The van der Waals surface area contributed by atoms with E-state index in [2.05, 4.69) is 5.32 Å². The summed E-state index contributed by atoms with van der Waals surface area (Å²) < 4.78 is 5.74. The van der Waals surface area contributed by atoms with Crippen molar-refractivity contribution in [1.29, 1.82) is 0 Å². The van der Waals surface area contributed by atoms with Gasteiger partial charge in [-0.2, -0.15) is 0 Å². The van der Waals surface area contributed by atoms with E-state index < -0.39 is 23.2 Å².